The Hall–Kier alpha value is -2.71. The van der Waals surface area contributed by atoms with Gasteiger partial charge in [0.05, 0.1) is 29.0 Å². The van der Waals surface area contributed by atoms with Crippen LogP contribution in [0.1, 0.15) is 54.0 Å². The number of carbonyl (C=O) groups excluding carboxylic acids is 1. The van der Waals surface area contributed by atoms with Gasteiger partial charge in [-0.2, -0.15) is 0 Å². The molecule has 3 aliphatic heterocycles. The number of pyridine rings is 2. The normalized spacial score (nSPS) is 23.0. The van der Waals surface area contributed by atoms with E-state index in [1.165, 1.54) is 6.07 Å². The van der Waals surface area contributed by atoms with Gasteiger partial charge in [-0.1, -0.05) is 13.8 Å². The Labute approximate surface area is 187 Å². The molecule has 0 saturated heterocycles. The molecule has 164 valence electrons. The average Bonchev–Trinajstić information content (AvgIpc) is 3.14. The van der Waals surface area contributed by atoms with Gasteiger partial charge in [0, 0.05) is 33.2 Å². The summed E-state index contributed by atoms with van der Waals surface area (Å²) in [4.78, 5) is 31.5. The van der Waals surface area contributed by atoms with Gasteiger partial charge in [0.15, 0.2) is 5.60 Å². The van der Waals surface area contributed by atoms with Gasteiger partial charge >= 0.3 is 5.97 Å². The third kappa shape index (κ3) is 2.31. The van der Waals surface area contributed by atoms with E-state index in [9.17, 15) is 19.1 Å². The lowest BCUT2D eigenvalue weighted by Gasteiger charge is -2.31. The summed E-state index contributed by atoms with van der Waals surface area (Å²) in [5.41, 5.74) is 2.89. The maximum absolute atomic E-state index is 14.7. The molecule has 0 aliphatic carbocycles. The Morgan fingerprint density at radius 2 is 2.12 bits per heavy atom. The minimum absolute atomic E-state index is 0.0904. The van der Waals surface area contributed by atoms with Crippen LogP contribution in [-0.2, 0) is 28.3 Å². The second-order valence-electron chi connectivity index (χ2n) is 8.87. The number of benzene rings is 1. The van der Waals surface area contributed by atoms with Gasteiger partial charge in [0.25, 0.3) is 5.56 Å². The zero-order valence-corrected chi connectivity index (χ0v) is 18.7. The van der Waals surface area contributed by atoms with E-state index < -0.39 is 11.6 Å². The van der Waals surface area contributed by atoms with Gasteiger partial charge in [-0.25, -0.2) is 14.2 Å². The fraction of sp³-hybridized carbons (Fsp3) is 0.375. The van der Waals surface area contributed by atoms with Crippen molar-refractivity contribution in [1.29, 1.82) is 0 Å². The van der Waals surface area contributed by atoms with Crippen molar-refractivity contribution in [2.24, 2.45) is 0 Å². The summed E-state index contributed by atoms with van der Waals surface area (Å²) in [6, 6.07) is 3.17. The van der Waals surface area contributed by atoms with Gasteiger partial charge in [-0.3, -0.25) is 4.79 Å². The van der Waals surface area contributed by atoms with Crippen LogP contribution in [0.5, 0.6) is 0 Å². The Bertz CT molecular complexity index is 1450. The van der Waals surface area contributed by atoms with Crippen molar-refractivity contribution >= 4 is 28.6 Å². The molecule has 3 aliphatic rings. The number of thioether (sulfide) groups is 1. The highest BCUT2D eigenvalue weighted by Gasteiger charge is 2.45. The van der Waals surface area contributed by atoms with Crippen molar-refractivity contribution in [3.63, 3.8) is 0 Å². The summed E-state index contributed by atoms with van der Waals surface area (Å²) in [5.74, 6) is -0.00205. The molecular weight excluding hydrogens is 431 g/mol. The SMILES string of the molecule is CC[C@@]1(O)C(=O)OCc2c1cc1n(c2=O)Cc2c-1nc1cc(F)c(C)c3c1c2C(C)CS3. The number of aromatic nitrogens is 2. The first-order valence-electron chi connectivity index (χ1n) is 10.7. The molecule has 2 aromatic heterocycles. The molecule has 1 N–H and O–H groups in total. The van der Waals surface area contributed by atoms with Gasteiger partial charge in [-0.05, 0) is 36.5 Å². The van der Waals surface area contributed by atoms with Crippen LogP contribution in [0.2, 0.25) is 0 Å². The molecule has 5 heterocycles. The minimum Gasteiger partial charge on any atom is -0.458 e. The molecule has 1 aromatic carbocycles. The highest BCUT2D eigenvalue weighted by atomic mass is 32.2. The van der Waals surface area contributed by atoms with E-state index in [2.05, 4.69) is 6.92 Å². The van der Waals surface area contributed by atoms with Crippen molar-refractivity contribution in [2.45, 2.75) is 56.8 Å². The zero-order valence-electron chi connectivity index (χ0n) is 17.9. The predicted octanol–water partition coefficient (Wildman–Crippen LogP) is 3.74. The third-order valence-corrected chi connectivity index (χ3v) is 8.60. The molecular formula is C24H21FN2O4S. The van der Waals surface area contributed by atoms with E-state index in [4.69, 9.17) is 9.72 Å². The van der Waals surface area contributed by atoms with Crippen molar-refractivity contribution in [1.82, 2.24) is 9.55 Å². The molecule has 0 fully saturated rings. The Balaban J connectivity index is 1.70. The largest absolute Gasteiger partial charge is 0.458 e. The molecule has 8 heteroatoms. The topological polar surface area (TPSA) is 81.4 Å². The molecule has 1 unspecified atom stereocenters. The van der Waals surface area contributed by atoms with E-state index in [1.807, 2.05) is 0 Å². The smallest absolute Gasteiger partial charge is 0.343 e. The second-order valence-corrected chi connectivity index (χ2v) is 9.90. The summed E-state index contributed by atoms with van der Waals surface area (Å²) in [6.07, 6.45) is 0.0904. The van der Waals surface area contributed by atoms with Gasteiger partial charge < -0.3 is 14.4 Å². The first kappa shape index (κ1) is 19.9. The number of ether oxygens (including phenoxy) is 1. The number of esters is 1. The van der Waals surface area contributed by atoms with Crippen LogP contribution in [0.3, 0.4) is 0 Å². The minimum atomic E-state index is -1.86. The Kier molecular flexibility index (Phi) is 4.00. The molecule has 0 bridgehead atoms. The lowest BCUT2D eigenvalue weighted by molar-refractivity contribution is -0.172. The number of halogens is 1. The van der Waals surface area contributed by atoms with Crippen LogP contribution >= 0.6 is 11.8 Å². The maximum Gasteiger partial charge on any atom is 0.343 e. The van der Waals surface area contributed by atoms with Gasteiger partial charge in [-0.15, -0.1) is 11.8 Å². The second kappa shape index (κ2) is 6.42. The molecule has 0 radical (unpaired) electrons. The zero-order chi connectivity index (χ0) is 22.5. The number of carbonyl (C=O) groups is 1. The van der Waals surface area contributed by atoms with Crippen LogP contribution in [0.25, 0.3) is 22.3 Å². The quantitative estimate of drug-likeness (QED) is 0.443. The first-order chi connectivity index (χ1) is 15.3. The van der Waals surface area contributed by atoms with E-state index in [-0.39, 0.29) is 35.9 Å². The lowest BCUT2D eigenvalue weighted by atomic mass is 9.86. The predicted molar refractivity (Wildman–Crippen MR) is 118 cm³/mol. The summed E-state index contributed by atoms with van der Waals surface area (Å²) in [5, 5.41) is 12.0. The Morgan fingerprint density at radius 3 is 2.88 bits per heavy atom. The number of nitrogens with zero attached hydrogens (tertiary/aromatic N) is 2. The molecule has 32 heavy (non-hydrogen) atoms. The number of hydrogen-bond donors (Lipinski definition) is 1. The van der Waals surface area contributed by atoms with Crippen LogP contribution in [-0.4, -0.2) is 26.4 Å². The molecule has 3 aromatic rings. The standard InChI is InChI=1S/C24H21FN2O4S/c1-4-24(30)14-5-17-20-12(7-27(17)22(28)13(14)8-31-23(24)29)18-10(2)9-32-21-11(3)15(25)6-16(26-20)19(18)21/h5-6,10,30H,4,7-9H2,1-3H3/t10?,24-/m0/s1. The third-order valence-electron chi connectivity index (χ3n) is 7.13. The monoisotopic (exact) mass is 452 g/mol. The molecule has 0 saturated carbocycles. The van der Waals surface area contributed by atoms with Crippen molar-refractivity contribution < 1.29 is 19.0 Å². The fourth-order valence-electron chi connectivity index (χ4n) is 5.33. The average molecular weight is 453 g/mol. The van der Waals surface area contributed by atoms with E-state index in [1.54, 1.807) is 36.2 Å². The number of hydrogen-bond acceptors (Lipinski definition) is 6. The summed E-state index contributed by atoms with van der Waals surface area (Å²) < 4.78 is 21.5. The van der Waals surface area contributed by atoms with E-state index in [0.717, 1.165) is 27.2 Å². The highest BCUT2D eigenvalue weighted by Crippen LogP contribution is 2.48. The van der Waals surface area contributed by atoms with Crippen molar-refractivity contribution in [3.8, 4) is 11.4 Å². The number of aliphatic hydroxyl groups is 1. The van der Waals surface area contributed by atoms with Crippen LogP contribution < -0.4 is 5.56 Å². The molecule has 6 rings (SSSR count). The summed E-state index contributed by atoms with van der Waals surface area (Å²) in [6.45, 7) is 5.81. The molecule has 0 spiro atoms. The molecule has 2 atom stereocenters. The first-order valence-corrected chi connectivity index (χ1v) is 11.7. The highest BCUT2D eigenvalue weighted by molar-refractivity contribution is 7.99. The number of cyclic esters (lactones) is 1. The van der Waals surface area contributed by atoms with Crippen LogP contribution in [0.4, 0.5) is 4.39 Å². The Morgan fingerprint density at radius 1 is 1.34 bits per heavy atom. The van der Waals surface area contributed by atoms with Crippen LogP contribution in [0.15, 0.2) is 21.8 Å². The maximum atomic E-state index is 14.7. The fourth-order valence-corrected chi connectivity index (χ4v) is 6.58. The van der Waals surface area contributed by atoms with E-state index >= 15 is 0 Å². The van der Waals surface area contributed by atoms with Crippen molar-refractivity contribution in [2.75, 3.05) is 5.75 Å². The molecule has 6 nitrogen and oxygen atoms in total. The van der Waals surface area contributed by atoms with Crippen molar-refractivity contribution in [3.05, 3.63) is 56.1 Å². The lowest BCUT2D eigenvalue weighted by Crippen LogP contribution is -2.44. The summed E-state index contributed by atoms with van der Waals surface area (Å²) in [7, 11) is 0. The number of fused-ring (bicyclic) bond motifs is 5. The van der Waals surface area contributed by atoms with Gasteiger partial charge in [0.1, 0.15) is 12.4 Å². The van der Waals surface area contributed by atoms with Gasteiger partial charge in [0.2, 0.25) is 0 Å². The van der Waals surface area contributed by atoms with Crippen LogP contribution in [0, 0.1) is 12.7 Å². The molecule has 0 amide bonds. The summed E-state index contributed by atoms with van der Waals surface area (Å²) >= 11 is 1.65. The number of rotatable bonds is 1. The van der Waals surface area contributed by atoms with E-state index in [0.29, 0.717) is 34.6 Å².